The summed E-state index contributed by atoms with van der Waals surface area (Å²) in [4.78, 5) is 14.7. The molecule has 1 heterocycles. The van der Waals surface area contributed by atoms with Crippen molar-refractivity contribution in [1.29, 1.82) is 0 Å². The minimum atomic E-state index is -0.317. The van der Waals surface area contributed by atoms with Gasteiger partial charge in [-0.1, -0.05) is 38.2 Å². The second kappa shape index (κ2) is 10.6. The second-order valence-electron chi connectivity index (χ2n) is 8.18. The van der Waals surface area contributed by atoms with Crippen molar-refractivity contribution in [2.75, 3.05) is 20.2 Å². The number of piperidine rings is 1. The lowest BCUT2D eigenvalue weighted by Gasteiger charge is -2.33. The number of benzene rings is 1. The van der Waals surface area contributed by atoms with Crippen molar-refractivity contribution in [1.82, 2.24) is 15.5 Å². The number of amides is 2. The van der Waals surface area contributed by atoms with Crippen molar-refractivity contribution in [2.45, 2.75) is 76.4 Å². The first-order valence-electron chi connectivity index (χ1n) is 10.8. The molecule has 1 saturated carbocycles. The van der Waals surface area contributed by atoms with Crippen LogP contribution in [0.3, 0.4) is 0 Å². The van der Waals surface area contributed by atoms with E-state index in [-0.39, 0.29) is 23.6 Å². The Hall–Kier alpha value is -1.82. The summed E-state index contributed by atoms with van der Waals surface area (Å²) in [6.45, 7) is 2.53. The number of hydrogen-bond acceptors (Lipinski definition) is 3. The third-order valence-electron chi connectivity index (χ3n) is 5.99. The molecular formula is C22H34FN3O2. The number of urea groups is 1. The summed E-state index contributed by atoms with van der Waals surface area (Å²) in [7, 11) is 1.48. The lowest BCUT2D eigenvalue weighted by Crippen LogP contribution is -2.50. The van der Waals surface area contributed by atoms with E-state index < -0.39 is 0 Å². The third-order valence-corrected chi connectivity index (χ3v) is 5.99. The molecule has 1 aromatic rings. The van der Waals surface area contributed by atoms with E-state index >= 15 is 0 Å². The average Bonchev–Trinajstić information content (AvgIpc) is 2.66. The lowest BCUT2D eigenvalue weighted by atomic mass is 9.97. The fourth-order valence-electron chi connectivity index (χ4n) is 4.31. The summed E-state index contributed by atoms with van der Waals surface area (Å²) in [6.07, 6.45) is 10.4. The maximum atomic E-state index is 13.9. The number of nitrogens with zero attached hydrogens (tertiary/aromatic N) is 1. The van der Waals surface area contributed by atoms with Crippen LogP contribution in [-0.4, -0.2) is 43.2 Å². The highest BCUT2D eigenvalue weighted by atomic mass is 19.1. The van der Waals surface area contributed by atoms with E-state index in [2.05, 4.69) is 15.5 Å². The quantitative estimate of drug-likeness (QED) is 0.791. The predicted molar refractivity (Wildman–Crippen MR) is 109 cm³/mol. The minimum absolute atomic E-state index is 0.0127. The summed E-state index contributed by atoms with van der Waals surface area (Å²) >= 11 is 0. The van der Waals surface area contributed by atoms with E-state index in [1.54, 1.807) is 12.1 Å². The molecule has 0 atom stereocenters. The Morgan fingerprint density at radius 1 is 1.04 bits per heavy atom. The summed E-state index contributed by atoms with van der Waals surface area (Å²) in [5, 5.41) is 6.34. The van der Waals surface area contributed by atoms with Gasteiger partial charge in [0.1, 0.15) is 0 Å². The zero-order chi connectivity index (χ0) is 19.8. The number of ether oxygens (including phenoxy) is 1. The molecule has 28 heavy (non-hydrogen) atoms. The van der Waals surface area contributed by atoms with Gasteiger partial charge in [0.05, 0.1) is 7.11 Å². The van der Waals surface area contributed by atoms with Gasteiger partial charge < -0.3 is 15.4 Å². The van der Waals surface area contributed by atoms with Gasteiger partial charge >= 0.3 is 6.03 Å². The first-order chi connectivity index (χ1) is 13.6. The van der Waals surface area contributed by atoms with Crippen molar-refractivity contribution < 1.29 is 13.9 Å². The van der Waals surface area contributed by atoms with E-state index in [4.69, 9.17) is 4.74 Å². The van der Waals surface area contributed by atoms with E-state index in [0.29, 0.717) is 6.04 Å². The van der Waals surface area contributed by atoms with Crippen molar-refractivity contribution in [3.8, 4) is 5.75 Å². The Morgan fingerprint density at radius 2 is 1.64 bits per heavy atom. The van der Waals surface area contributed by atoms with Crippen molar-refractivity contribution in [3.05, 3.63) is 29.6 Å². The number of nitrogens with one attached hydrogen (secondary N) is 2. The van der Waals surface area contributed by atoms with Gasteiger partial charge in [-0.15, -0.1) is 0 Å². The molecule has 1 saturated heterocycles. The number of hydrogen-bond donors (Lipinski definition) is 2. The van der Waals surface area contributed by atoms with Crippen molar-refractivity contribution in [3.63, 3.8) is 0 Å². The molecule has 1 aliphatic carbocycles. The van der Waals surface area contributed by atoms with Crippen LogP contribution in [0.25, 0.3) is 0 Å². The van der Waals surface area contributed by atoms with E-state index in [1.165, 1.54) is 39.2 Å². The highest BCUT2D eigenvalue weighted by Gasteiger charge is 2.22. The van der Waals surface area contributed by atoms with Gasteiger partial charge in [-0.05, 0) is 43.4 Å². The molecule has 2 amide bonds. The summed E-state index contributed by atoms with van der Waals surface area (Å²) in [5.74, 6) is -0.0376. The number of halogens is 1. The molecule has 1 aliphatic heterocycles. The van der Waals surface area contributed by atoms with E-state index in [1.807, 2.05) is 6.07 Å². The zero-order valence-electron chi connectivity index (χ0n) is 17.0. The van der Waals surface area contributed by atoms with Crippen LogP contribution in [0, 0.1) is 5.82 Å². The molecule has 2 aliphatic rings. The number of carbonyl (C=O) groups excluding carboxylic acids is 1. The fourth-order valence-corrected chi connectivity index (χ4v) is 4.31. The van der Waals surface area contributed by atoms with E-state index in [9.17, 15) is 9.18 Å². The number of likely N-dealkylation sites (tertiary alicyclic amines) is 1. The molecule has 5 nitrogen and oxygen atoms in total. The van der Waals surface area contributed by atoms with Crippen LogP contribution in [0.2, 0.25) is 0 Å². The normalized spacial score (nSPS) is 20.2. The molecular weight excluding hydrogens is 357 g/mol. The summed E-state index contributed by atoms with van der Waals surface area (Å²) in [6, 6.07) is 5.67. The largest absolute Gasteiger partial charge is 0.494 e. The monoisotopic (exact) mass is 391 g/mol. The molecule has 2 fully saturated rings. The Morgan fingerprint density at radius 3 is 2.25 bits per heavy atom. The Labute approximate surface area is 168 Å². The molecule has 2 N–H and O–H groups in total. The molecule has 0 bridgehead atoms. The molecule has 0 unspecified atom stereocenters. The maximum absolute atomic E-state index is 13.9. The SMILES string of the molecule is COc1ccc(CN2CCC(NC(=O)NC3CCCCCCC3)CC2)cc1F. The van der Waals surface area contributed by atoms with Crippen LogP contribution >= 0.6 is 0 Å². The topological polar surface area (TPSA) is 53.6 Å². The molecule has 1 aromatic carbocycles. The smallest absolute Gasteiger partial charge is 0.315 e. The van der Waals surface area contributed by atoms with Gasteiger partial charge in [-0.25, -0.2) is 9.18 Å². The van der Waals surface area contributed by atoms with Crippen molar-refractivity contribution in [2.24, 2.45) is 0 Å². The summed E-state index contributed by atoms with van der Waals surface area (Å²) in [5.41, 5.74) is 0.951. The summed E-state index contributed by atoms with van der Waals surface area (Å²) < 4.78 is 18.8. The number of carbonyl (C=O) groups is 1. The lowest BCUT2D eigenvalue weighted by molar-refractivity contribution is 0.184. The van der Waals surface area contributed by atoms with Crippen LogP contribution in [-0.2, 0) is 6.54 Å². The standard InChI is InChI=1S/C22H34FN3O2/c1-28-21-10-9-17(15-20(21)23)16-26-13-11-19(12-14-26)25-22(27)24-18-7-5-3-2-4-6-8-18/h9-10,15,18-19H,2-8,11-14,16H2,1H3,(H2,24,25,27). The highest BCUT2D eigenvalue weighted by molar-refractivity contribution is 5.74. The van der Waals surface area contributed by atoms with Crippen LogP contribution in [0.4, 0.5) is 9.18 Å². The zero-order valence-corrected chi connectivity index (χ0v) is 17.0. The van der Waals surface area contributed by atoms with Crippen LogP contribution in [0.5, 0.6) is 5.75 Å². The molecule has 156 valence electrons. The van der Waals surface area contributed by atoms with Crippen LogP contribution in [0.15, 0.2) is 18.2 Å². The van der Waals surface area contributed by atoms with Crippen molar-refractivity contribution >= 4 is 6.03 Å². The Balaban J connectivity index is 1.38. The first kappa shape index (κ1) is 20.9. The molecule has 0 aromatic heterocycles. The van der Waals surface area contributed by atoms with Crippen LogP contribution < -0.4 is 15.4 Å². The fraction of sp³-hybridized carbons (Fsp3) is 0.682. The molecule has 6 heteroatoms. The first-order valence-corrected chi connectivity index (χ1v) is 10.8. The predicted octanol–water partition coefficient (Wildman–Crippen LogP) is 4.21. The maximum Gasteiger partial charge on any atom is 0.315 e. The second-order valence-corrected chi connectivity index (χ2v) is 8.18. The van der Waals surface area contributed by atoms with Crippen LogP contribution in [0.1, 0.15) is 63.4 Å². The minimum Gasteiger partial charge on any atom is -0.494 e. The van der Waals surface area contributed by atoms with Gasteiger partial charge in [0.2, 0.25) is 0 Å². The molecule has 0 radical (unpaired) electrons. The third kappa shape index (κ3) is 6.36. The molecule has 3 rings (SSSR count). The highest BCUT2D eigenvalue weighted by Crippen LogP contribution is 2.20. The molecule has 0 spiro atoms. The van der Waals surface area contributed by atoms with Gasteiger partial charge in [0.15, 0.2) is 11.6 Å². The Kier molecular flexibility index (Phi) is 7.95. The van der Waals surface area contributed by atoms with Gasteiger partial charge in [-0.2, -0.15) is 0 Å². The average molecular weight is 392 g/mol. The Bertz CT molecular complexity index is 624. The number of rotatable bonds is 5. The van der Waals surface area contributed by atoms with Gasteiger partial charge in [0.25, 0.3) is 0 Å². The van der Waals surface area contributed by atoms with Gasteiger partial charge in [0, 0.05) is 31.7 Å². The van der Waals surface area contributed by atoms with E-state index in [0.717, 1.165) is 50.9 Å². The number of methoxy groups -OCH3 is 1. The van der Waals surface area contributed by atoms with Gasteiger partial charge in [-0.3, -0.25) is 4.90 Å².